The van der Waals surface area contributed by atoms with Crippen molar-refractivity contribution in [1.29, 1.82) is 0 Å². The van der Waals surface area contributed by atoms with Crippen molar-refractivity contribution < 1.29 is 0 Å². The first-order valence-electron chi connectivity index (χ1n) is 8.45. The van der Waals surface area contributed by atoms with Gasteiger partial charge in [-0.1, -0.05) is 18.2 Å². The first-order chi connectivity index (χ1) is 10.9. The van der Waals surface area contributed by atoms with Crippen LogP contribution in [0.25, 0.3) is 5.69 Å². The van der Waals surface area contributed by atoms with E-state index in [-0.39, 0.29) is 0 Å². The SMILES string of the molecule is c1ccc(-n2cccn2)c(CNC2CCN(C3CC3)CC2)c1. The summed E-state index contributed by atoms with van der Waals surface area (Å²) in [5, 5.41) is 8.11. The van der Waals surface area contributed by atoms with Crippen molar-refractivity contribution in [3.63, 3.8) is 0 Å². The van der Waals surface area contributed by atoms with Crippen molar-refractivity contribution in [2.75, 3.05) is 13.1 Å². The van der Waals surface area contributed by atoms with Crippen molar-refractivity contribution in [2.24, 2.45) is 0 Å². The monoisotopic (exact) mass is 296 g/mol. The van der Waals surface area contributed by atoms with Gasteiger partial charge in [0.1, 0.15) is 0 Å². The second-order valence-corrected chi connectivity index (χ2v) is 6.50. The molecule has 1 aromatic carbocycles. The van der Waals surface area contributed by atoms with Crippen molar-refractivity contribution in [2.45, 2.75) is 44.3 Å². The molecule has 0 bridgehead atoms. The number of hydrogen-bond donors (Lipinski definition) is 1. The summed E-state index contributed by atoms with van der Waals surface area (Å²) in [5.74, 6) is 0. The van der Waals surface area contributed by atoms with Crippen LogP contribution < -0.4 is 5.32 Å². The van der Waals surface area contributed by atoms with Gasteiger partial charge in [-0.2, -0.15) is 5.10 Å². The minimum atomic E-state index is 0.653. The molecule has 0 unspecified atom stereocenters. The molecule has 2 aromatic rings. The first kappa shape index (κ1) is 14.0. The number of aromatic nitrogens is 2. The molecule has 2 aliphatic rings. The van der Waals surface area contributed by atoms with E-state index in [0.29, 0.717) is 6.04 Å². The lowest BCUT2D eigenvalue weighted by atomic mass is 10.0. The smallest absolute Gasteiger partial charge is 0.0690 e. The number of benzene rings is 1. The molecular formula is C18H24N4. The Morgan fingerprint density at radius 3 is 2.59 bits per heavy atom. The highest BCUT2D eigenvalue weighted by molar-refractivity contribution is 5.40. The Bertz CT molecular complexity index is 595. The predicted molar refractivity (Wildman–Crippen MR) is 88.0 cm³/mol. The summed E-state index contributed by atoms with van der Waals surface area (Å²) in [6.45, 7) is 3.45. The van der Waals surface area contributed by atoms with Gasteiger partial charge < -0.3 is 10.2 Å². The third kappa shape index (κ3) is 3.08. The molecule has 22 heavy (non-hydrogen) atoms. The third-order valence-electron chi connectivity index (χ3n) is 4.92. The number of likely N-dealkylation sites (tertiary alicyclic amines) is 1. The van der Waals surface area contributed by atoms with Gasteiger partial charge in [0.2, 0.25) is 0 Å². The Labute approximate surface area is 132 Å². The fourth-order valence-electron chi connectivity index (χ4n) is 3.46. The van der Waals surface area contributed by atoms with E-state index in [4.69, 9.17) is 0 Å². The number of hydrogen-bond acceptors (Lipinski definition) is 3. The highest BCUT2D eigenvalue weighted by atomic mass is 15.3. The molecule has 4 heteroatoms. The van der Waals surface area contributed by atoms with Gasteiger partial charge >= 0.3 is 0 Å². The average molecular weight is 296 g/mol. The standard InChI is InChI=1S/C18H24N4/c1-2-5-18(22-11-3-10-20-22)15(4-1)14-19-16-8-12-21(13-9-16)17-6-7-17/h1-5,10-11,16-17,19H,6-9,12-14H2. The average Bonchev–Trinajstić information content (AvgIpc) is 3.28. The number of piperidine rings is 1. The Morgan fingerprint density at radius 2 is 1.86 bits per heavy atom. The minimum Gasteiger partial charge on any atom is -0.310 e. The molecule has 4 rings (SSSR count). The molecule has 0 radical (unpaired) electrons. The quantitative estimate of drug-likeness (QED) is 0.920. The van der Waals surface area contributed by atoms with Gasteiger partial charge in [-0.3, -0.25) is 0 Å². The second kappa shape index (κ2) is 6.23. The van der Waals surface area contributed by atoms with Gasteiger partial charge in [-0.25, -0.2) is 4.68 Å². The number of rotatable bonds is 5. The Balaban J connectivity index is 1.36. The fraction of sp³-hybridized carbons (Fsp3) is 0.500. The van der Waals surface area contributed by atoms with E-state index in [1.165, 1.54) is 50.0 Å². The molecule has 1 saturated carbocycles. The normalized spacial score (nSPS) is 20.4. The zero-order valence-electron chi connectivity index (χ0n) is 13.0. The number of nitrogens with one attached hydrogen (secondary N) is 1. The summed E-state index contributed by atoms with van der Waals surface area (Å²) in [7, 11) is 0. The largest absolute Gasteiger partial charge is 0.310 e. The van der Waals surface area contributed by atoms with Crippen LogP contribution in [0.15, 0.2) is 42.7 Å². The molecule has 2 fully saturated rings. The van der Waals surface area contributed by atoms with E-state index < -0.39 is 0 Å². The Morgan fingerprint density at radius 1 is 1.05 bits per heavy atom. The highest BCUT2D eigenvalue weighted by Crippen LogP contribution is 2.29. The van der Waals surface area contributed by atoms with Crippen LogP contribution in [0, 0.1) is 0 Å². The van der Waals surface area contributed by atoms with E-state index in [9.17, 15) is 0 Å². The highest BCUT2D eigenvalue weighted by Gasteiger charge is 2.31. The molecule has 1 aromatic heterocycles. The van der Waals surface area contributed by atoms with Gasteiger partial charge in [0, 0.05) is 31.0 Å². The van der Waals surface area contributed by atoms with Crippen LogP contribution in [0.2, 0.25) is 0 Å². The Kier molecular flexibility index (Phi) is 3.95. The molecule has 4 nitrogen and oxygen atoms in total. The van der Waals surface area contributed by atoms with Crippen molar-refractivity contribution in [3.05, 3.63) is 48.3 Å². The van der Waals surface area contributed by atoms with Crippen LogP contribution in [-0.2, 0) is 6.54 Å². The van der Waals surface area contributed by atoms with Crippen molar-refractivity contribution in [3.8, 4) is 5.69 Å². The molecule has 0 atom stereocenters. The van der Waals surface area contributed by atoms with E-state index in [2.05, 4.69) is 39.6 Å². The summed E-state index contributed by atoms with van der Waals surface area (Å²) in [6.07, 6.45) is 9.25. The van der Waals surface area contributed by atoms with Gasteiger partial charge in [0.05, 0.1) is 5.69 Å². The van der Waals surface area contributed by atoms with E-state index in [1.54, 1.807) is 0 Å². The van der Waals surface area contributed by atoms with Crippen LogP contribution >= 0.6 is 0 Å². The molecule has 116 valence electrons. The maximum atomic E-state index is 4.36. The van der Waals surface area contributed by atoms with Crippen LogP contribution in [0.3, 0.4) is 0 Å². The first-order valence-corrected chi connectivity index (χ1v) is 8.45. The lowest BCUT2D eigenvalue weighted by molar-refractivity contribution is 0.189. The van der Waals surface area contributed by atoms with Crippen LogP contribution in [0.1, 0.15) is 31.2 Å². The van der Waals surface area contributed by atoms with Crippen LogP contribution in [-0.4, -0.2) is 39.9 Å². The predicted octanol–water partition coefficient (Wildman–Crippen LogP) is 2.59. The maximum Gasteiger partial charge on any atom is 0.0690 e. The maximum absolute atomic E-state index is 4.36. The zero-order chi connectivity index (χ0) is 14.8. The molecule has 1 aliphatic heterocycles. The van der Waals surface area contributed by atoms with Crippen molar-refractivity contribution in [1.82, 2.24) is 20.0 Å². The lowest BCUT2D eigenvalue weighted by Crippen LogP contribution is -2.43. The topological polar surface area (TPSA) is 33.1 Å². The molecule has 1 saturated heterocycles. The molecule has 0 amide bonds. The minimum absolute atomic E-state index is 0.653. The van der Waals surface area contributed by atoms with Gasteiger partial charge in [-0.15, -0.1) is 0 Å². The van der Waals surface area contributed by atoms with Crippen LogP contribution in [0.5, 0.6) is 0 Å². The van der Waals surface area contributed by atoms with E-state index >= 15 is 0 Å². The third-order valence-corrected chi connectivity index (χ3v) is 4.92. The molecule has 1 aliphatic carbocycles. The summed E-state index contributed by atoms with van der Waals surface area (Å²) < 4.78 is 1.95. The zero-order valence-corrected chi connectivity index (χ0v) is 13.0. The molecule has 0 spiro atoms. The number of para-hydroxylation sites is 1. The molecule has 1 N–H and O–H groups in total. The summed E-state index contributed by atoms with van der Waals surface area (Å²) >= 11 is 0. The van der Waals surface area contributed by atoms with E-state index in [0.717, 1.165) is 12.6 Å². The summed E-state index contributed by atoms with van der Waals surface area (Å²) in [4.78, 5) is 2.68. The van der Waals surface area contributed by atoms with Gasteiger partial charge in [0.15, 0.2) is 0 Å². The fourth-order valence-corrected chi connectivity index (χ4v) is 3.46. The van der Waals surface area contributed by atoms with E-state index in [1.807, 2.05) is 23.1 Å². The lowest BCUT2D eigenvalue weighted by Gasteiger charge is -2.32. The van der Waals surface area contributed by atoms with Gasteiger partial charge in [0.25, 0.3) is 0 Å². The number of nitrogens with zero attached hydrogens (tertiary/aromatic N) is 3. The van der Waals surface area contributed by atoms with Crippen molar-refractivity contribution >= 4 is 0 Å². The summed E-state index contributed by atoms with van der Waals surface area (Å²) in [5.41, 5.74) is 2.49. The Hall–Kier alpha value is -1.65. The molecule has 2 heterocycles. The molecular weight excluding hydrogens is 272 g/mol. The van der Waals surface area contributed by atoms with Gasteiger partial charge in [-0.05, 0) is 56.5 Å². The summed E-state index contributed by atoms with van der Waals surface area (Å²) in [6, 6.07) is 12.1. The van der Waals surface area contributed by atoms with Crippen LogP contribution in [0.4, 0.5) is 0 Å². The second-order valence-electron chi connectivity index (χ2n) is 6.50.